The number of rotatable bonds is 4. The molecule has 0 amide bonds. The molecule has 0 unspecified atom stereocenters. The normalized spacial score (nSPS) is 17.7. The van der Waals surface area contributed by atoms with E-state index in [1.165, 1.54) is 18.6 Å². The first-order chi connectivity index (χ1) is 13.5. The number of nitrogens with zero attached hydrogens (tertiary/aromatic N) is 5. The smallest absolute Gasteiger partial charge is 0.421 e. The molecule has 1 atom stereocenters. The molecule has 28 heavy (non-hydrogen) atoms. The first-order valence-corrected chi connectivity index (χ1v) is 8.97. The standard InChI is InChI=1S/C19H18F3N5O/c20-19(21,22)15-4-1-6-24-18(15)28-11-13-3-2-8-27(10-13)17-14-5-7-23-9-16(14)25-12-26-17/h1,4-7,9,12-13H,2-3,8,10-11H2/t13-/m0/s1. The number of halogens is 3. The number of hydrogen-bond donors (Lipinski definition) is 0. The fourth-order valence-corrected chi connectivity index (χ4v) is 3.46. The van der Waals surface area contributed by atoms with Gasteiger partial charge in [-0.25, -0.2) is 15.0 Å². The van der Waals surface area contributed by atoms with E-state index in [9.17, 15) is 13.2 Å². The van der Waals surface area contributed by atoms with Crippen LogP contribution in [-0.2, 0) is 6.18 Å². The minimum Gasteiger partial charge on any atom is -0.477 e. The highest BCUT2D eigenvalue weighted by molar-refractivity contribution is 5.88. The summed E-state index contributed by atoms with van der Waals surface area (Å²) in [4.78, 5) is 18.6. The van der Waals surface area contributed by atoms with Crippen molar-refractivity contribution in [2.45, 2.75) is 19.0 Å². The van der Waals surface area contributed by atoms with Gasteiger partial charge in [-0.3, -0.25) is 4.98 Å². The van der Waals surface area contributed by atoms with Crippen LogP contribution >= 0.6 is 0 Å². The van der Waals surface area contributed by atoms with Crippen molar-refractivity contribution in [2.75, 3.05) is 24.6 Å². The van der Waals surface area contributed by atoms with Crippen molar-refractivity contribution in [1.29, 1.82) is 0 Å². The fraction of sp³-hybridized carbons (Fsp3) is 0.368. The summed E-state index contributed by atoms with van der Waals surface area (Å²) >= 11 is 0. The van der Waals surface area contributed by atoms with Crippen molar-refractivity contribution in [2.24, 2.45) is 5.92 Å². The van der Waals surface area contributed by atoms with Crippen LogP contribution in [-0.4, -0.2) is 39.6 Å². The van der Waals surface area contributed by atoms with Gasteiger partial charge in [-0.1, -0.05) is 0 Å². The van der Waals surface area contributed by atoms with Crippen molar-refractivity contribution in [1.82, 2.24) is 19.9 Å². The number of pyridine rings is 2. The topological polar surface area (TPSA) is 64.0 Å². The molecule has 1 fully saturated rings. The van der Waals surface area contributed by atoms with Gasteiger partial charge < -0.3 is 9.64 Å². The third-order valence-electron chi connectivity index (χ3n) is 4.77. The van der Waals surface area contributed by atoms with Crippen molar-refractivity contribution in [3.63, 3.8) is 0 Å². The second-order valence-corrected chi connectivity index (χ2v) is 6.71. The number of piperidine rings is 1. The van der Waals surface area contributed by atoms with Gasteiger partial charge in [-0.2, -0.15) is 13.2 Å². The second-order valence-electron chi connectivity index (χ2n) is 6.71. The highest BCUT2D eigenvalue weighted by atomic mass is 19.4. The van der Waals surface area contributed by atoms with Crippen LogP contribution in [0.3, 0.4) is 0 Å². The molecule has 3 aromatic heterocycles. The molecular weight excluding hydrogens is 371 g/mol. The largest absolute Gasteiger partial charge is 0.477 e. The van der Waals surface area contributed by atoms with E-state index in [-0.39, 0.29) is 18.4 Å². The molecule has 0 bridgehead atoms. The van der Waals surface area contributed by atoms with E-state index in [0.29, 0.717) is 6.54 Å². The Labute approximate surface area is 159 Å². The maximum absolute atomic E-state index is 13.1. The molecule has 0 aliphatic carbocycles. The Morgan fingerprint density at radius 2 is 2.04 bits per heavy atom. The monoisotopic (exact) mass is 389 g/mol. The highest BCUT2D eigenvalue weighted by Gasteiger charge is 2.35. The average Bonchev–Trinajstić information content (AvgIpc) is 2.71. The lowest BCUT2D eigenvalue weighted by molar-refractivity contribution is -0.139. The Balaban J connectivity index is 1.48. The van der Waals surface area contributed by atoms with Crippen molar-refractivity contribution >= 4 is 16.7 Å². The summed E-state index contributed by atoms with van der Waals surface area (Å²) in [6.07, 6.45) is 3.47. The Hall–Kier alpha value is -2.97. The summed E-state index contributed by atoms with van der Waals surface area (Å²) in [7, 11) is 0. The van der Waals surface area contributed by atoms with E-state index in [1.54, 1.807) is 12.4 Å². The first kappa shape index (κ1) is 18.4. The van der Waals surface area contributed by atoms with Crippen molar-refractivity contribution in [3.8, 4) is 5.88 Å². The van der Waals surface area contributed by atoms with E-state index in [2.05, 4.69) is 24.8 Å². The molecule has 0 radical (unpaired) electrons. The van der Waals surface area contributed by atoms with Gasteiger partial charge in [-0.15, -0.1) is 0 Å². The van der Waals surface area contributed by atoms with Crippen LogP contribution < -0.4 is 9.64 Å². The minimum absolute atomic E-state index is 0.0729. The third-order valence-corrected chi connectivity index (χ3v) is 4.77. The van der Waals surface area contributed by atoms with Crippen LogP contribution in [0.5, 0.6) is 5.88 Å². The van der Waals surface area contributed by atoms with Crippen molar-refractivity contribution in [3.05, 3.63) is 48.7 Å². The number of ether oxygens (including phenoxy) is 1. The second kappa shape index (κ2) is 7.57. The Kier molecular flexibility index (Phi) is 4.97. The van der Waals surface area contributed by atoms with Crippen LogP contribution in [0.25, 0.3) is 10.9 Å². The number of hydrogen-bond acceptors (Lipinski definition) is 6. The highest BCUT2D eigenvalue weighted by Crippen LogP contribution is 2.35. The minimum atomic E-state index is -4.49. The molecule has 1 aliphatic rings. The predicted octanol–water partition coefficient (Wildman–Crippen LogP) is 3.73. The fourth-order valence-electron chi connectivity index (χ4n) is 3.46. The molecule has 1 aliphatic heterocycles. The van der Waals surface area contributed by atoms with Gasteiger partial charge in [0.15, 0.2) is 0 Å². The molecule has 6 nitrogen and oxygen atoms in total. The molecule has 4 heterocycles. The molecule has 3 aromatic rings. The van der Waals surface area contributed by atoms with Gasteiger partial charge in [0.2, 0.25) is 5.88 Å². The molecule has 0 spiro atoms. The third kappa shape index (κ3) is 3.83. The molecule has 1 saturated heterocycles. The van der Waals surface area contributed by atoms with Gasteiger partial charge in [0, 0.05) is 36.8 Å². The van der Waals surface area contributed by atoms with Gasteiger partial charge in [-0.05, 0) is 31.0 Å². The molecule has 0 N–H and O–H groups in total. The van der Waals surface area contributed by atoms with E-state index >= 15 is 0 Å². The summed E-state index contributed by atoms with van der Waals surface area (Å²) in [5, 5.41) is 0.906. The predicted molar refractivity (Wildman–Crippen MR) is 97.0 cm³/mol. The maximum atomic E-state index is 13.1. The Morgan fingerprint density at radius 1 is 1.14 bits per heavy atom. The van der Waals surface area contributed by atoms with Crippen LogP contribution in [0.1, 0.15) is 18.4 Å². The number of fused-ring (bicyclic) bond motifs is 1. The molecular formula is C19H18F3N5O. The van der Waals surface area contributed by atoms with Gasteiger partial charge in [0.1, 0.15) is 17.7 Å². The van der Waals surface area contributed by atoms with E-state index in [0.717, 1.165) is 42.2 Å². The van der Waals surface area contributed by atoms with Crippen molar-refractivity contribution < 1.29 is 17.9 Å². The summed E-state index contributed by atoms with van der Waals surface area (Å²) in [6.45, 7) is 1.63. The quantitative estimate of drug-likeness (QED) is 0.678. The zero-order chi connectivity index (χ0) is 19.6. The van der Waals surface area contributed by atoms with Crippen LogP contribution in [0.4, 0.5) is 19.0 Å². The maximum Gasteiger partial charge on any atom is 0.421 e. The van der Waals surface area contributed by atoms with E-state index < -0.39 is 11.7 Å². The Morgan fingerprint density at radius 3 is 2.89 bits per heavy atom. The van der Waals surface area contributed by atoms with Crippen LogP contribution in [0.15, 0.2) is 43.1 Å². The zero-order valence-corrected chi connectivity index (χ0v) is 14.9. The molecule has 9 heteroatoms. The lowest BCUT2D eigenvalue weighted by atomic mass is 9.98. The average molecular weight is 389 g/mol. The van der Waals surface area contributed by atoms with E-state index in [1.807, 2.05) is 6.07 Å². The Bertz CT molecular complexity index is 960. The summed E-state index contributed by atoms with van der Waals surface area (Å²) in [5.41, 5.74) is -0.0915. The number of aromatic nitrogens is 4. The van der Waals surface area contributed by atoms with Crippen LogP contribution in [0.2, 0.25) is 0 Å². The molecule has 146 valence electrons. The lowest BCUT2D eigenvalue weighted by Crippen LogP contribution is -2.38. The molecule has 0 aromatic carbocycles. The summed E-state index contributed by atoms with van der Waals surface area (Å²) in [5.74, 6) is 0.514. The number of alkyl halides is 3. The molecule has 4 rings (SSSR count). The lowest BCUT2D eigenvalue weighted by Gasteiger charge is -2.33. The number of anilines is 1. The van der Waals surface area contributed by atoms with Gasteiger partial charge in [0.05, 0.1) is 18.3 Å². The first-order valence-electron chi connectivity index (χ1n) is 8.97. The summed E-state index contributed by atoms with van der Waals surface area (Å²) < 4.78 is 44.8. The summed E-state index contributed by atoms with van der Waals surface area (Å²) in [6, 6.07) is 4.11. The van der Waals surface area contributed by atoms with E-state index in [4.69, 9.17) is 4.74 Å². The van der Waals surface area contributed by atoms with Crippen LogP contribution in [0, 0.1) is 5.92 Å². The van der Waals surface area contributed by atoms with Gasteiger partial charge in [0.25, 0.3) is 0 Å². The SMILES string of the molecule is FC(F)(F)c1cccnc1OC[C@H]1CCCN(c2ncnc3cnccc23)C1. The molecule has 0 saturated carbocycles. The zero-order valence-electron chi connectivity index (χ0n) is 14.9. The van der Waals surface area contributed by atoms with Gasteiger partial charge >= 0.3 is 6.18 Å².